The number of carbonyl (C=O) groups is 1. The molecule has 0 aliphatic carbocycles. The largest absolute Gasteiger partial charge is 0.487 e. The third kappa shape index (κ3) is 5.88. The second kappa shape index (κ2) is 10.3. The van der Waals surface area contributed by atoms with E-state index in [0.717, 1.165) is 16.8 Å². The Morgan fingerprint density at radius 3 is 2.52 bits per heavy atom. The number of halogens is 3. The van der Waals surface area contributed by atoms with Crippen molar-refractivity contribution < 1.29 is 9.53 Å². The Hall–Kier alpha value is -2.99. The number of benzene rings is 3. The number of ether oxygens (including phenoxy) is 1. The van der Waals surface area contributed by atoms with Crippen LogP contribution in [0.5, 0.6) is 5.75 Å². The molecule has 1 amide bonds. The predicted octanol–water partition coefficient (Wildman–Crippen LogP) is 7.03. The summed E-state index contributed by atoms with van der Waals surface area (Å²) >= 11 is 18.2. The summed E-state index contributed by atoms with van der Waals surface area (Å²) < 4.78 is 7.56. The van der Waals surface area contributed by atoms with Gasteiger partial charge in [-0.1, -0.05) is 65.1 Å². The Kier molecular flexibility index (Phi) is 7.23. The molecule has 1 aromatic heterocycles. The van der Waals surface area contributed by atoms with Crippen LogP contribution in [0.15, 0.2) is 72.8 Å². The molecule has 0 aliphatic heterocycles. The highest BCUT2D eigenvalue weighted by Crippen LogP contribution is 2.25. The molecular weight excluding hydrogens is 481 g/mol. The van der Waals surface area contributed by atoms with Gasteiger partial charge in [-0.15, -0.1) is 0 Å². The van der Waals surface area contributed by atoms with E-state index in [1.807, 2.05) is 43.3 Å². The summed E-state index contributed by atoms with van der Waals surface area (Å²) in [5.41, 5.74) is 3.22. The van der Waals surface area contributed by atoms with E-state index in [9.17, 15) is 4.79 Å². The Bertz CT molecular complexity index is 1300. The van der Waals surface area contributed by atoms with Crippen LogP contribution in [0.3, 0.4) is 0 Å². The number of aromatic nitrogens is 2. The maximum atomic E-state index is 12.8. The van der Waals surface area contributed by atoms with Crippen LogP contribution >= 0.6 is 34.8 Å². The van der Waals surface area contributed by atoms with E-state index in [1.165, 1.54) is 0 Å². The molecule has 168 valence electrons. The molecule has 33 heavy (non-hydrogen) atoms. The molecule has 0 fully saturated rings. The van der Waals surface area contributed by atoms with Gasteiger partial charge in [-0.25, -0.2) is 0 Å². The quantitative estimate of drug-likeness (QED) is 0.296. The van der Waals surface area contributed by atoms with Crippen molar-refractivity contribution in [2.24, 2.45) is 0 Å². The molecule has 4 aromatic rings. The summed E-state index contributed by atoms with van der Waals surface area (Å²) in [5, 5.41) is 8.89. The topological polar surface area (TPSA) is 56.1 Å². The van der Waals surface area contributed by atoms with Crippen molar-refractivity contribution in [3.63, 3.8) is 0 Å². The van der Waals surface area contributed by atoms with Crippen molar-refractivity contribution in [1.29, 1.82) is 0 Å². The first-order valence-corrected chi connectivity index (χ1v) is 11.3. The lowest BCUT2D eigenvalue weighted by molar-refractivity contribution is 0.102. The summed E-state index contributed by atoms with van der Waals surface area (Å²) in [4.78, 5) is 12.8. The molecule has 1 N–H and O–H groups in total. The van der Waals surface area contributed by atoms with Gasteiger partial charge >= 0.3 is 0 Å². The molecular formula is C25H20Cl3N3O2. The van der Waals surface area contributed by atoms with Gasteiger partial charge in [-0.3, -0.25) is 9.48 Å². The summed E-state index contributed by atoms with van der Waals surface area (Å²) in [6.45, 7) is 2.72. The fourth-order valence-electron chi connectivity index (χ4n) is 3.26. The number of nitrogens with zero attached hydrogens (tertiary/aromatic N) is 2. The average Bonchev–Trinajstić information content (AvgIpc) is 3.14. The van der Waals surface area contributed by atoms with Crippen LogP contribution in [0.1, 0.15) is 27.2 Å². The van der Waals surface area contributed by atoms with Crippen molar-refractivity contribution in [1.82, 2.24) is 9.78 Å². The molecule has 1 heterocycles. The Labute approximate surface area is 206 Å². The van der Waals surface area contributed by atoms with Crippen molar-refractivity contribution >= 4 is 46.5 Å². The highest BCUT2D eigenvalue weighted by Gasteiger charge is 2.12. The highest BCUT2D eigenvalue weighted by molar-refractivity contribution is 6.42. The first-order chi connectivity index (χ1) is 15.9. The number of rotatable bonds is 7. The lowest BCUT2D eigenvalue weighted by atomic mass is 10.1. The van der Waals surface area contributed by atoms with E-state index in [1.54, 1.807) is 41.1 Å². The van der Waals surface area contributed by atoms with Crippen molar-refractivity contribution in [3.8, 4) is 5.75 Å². The van der Waals surface area contributed by atoms with Gasteiger partial charge in [-0.05, 0) is 54.4 Å². The van der Waals surface area contributed by atoms with Gasteiger partial charge < -0.3 is 10.1 Å². The Morgan fingerprint density at radius 2 is 1.73 bits per heavy atom. The van der Waals surface area contributed by atoms with Crippen molar-refractivity contribution in [3.05, 3.63) is 110 Å². The lowest BCUT2D eigenvalue weighted by Gasteiger charge is -2.09. The SMILES string of the molecule is Cc1cc(NC(=O)c2cccc(COc3ccccc3Cl)c2)nn1Cc1ccc(Cl)c(Cl)c1. The summed E-state index contributed by atoms with van der Waals surface area (Å²) in [7, 11) is 0. The van der Waals surface area contributed by atoms with Gasteiger partial charge in [0.2, 0.25) is 0 Å². The van der Waals surface area contributed by atoms with Crippen LogP contribution in [-0.4, -0.2) is 15.7 Å². The minimum atomic E-state index is -0.256. The summed E-state index contributed by atoms with van der Waals surface area (Å²) in [5.74, 6) is 0.807. The number of anilines is 1. The van der Waals surface area contributed by atoms with Gasteiger partial charge in [0.1, 0.15) is 12.4 Å². The minimum absolute atomic E-state index is 0.256. The number of aryl methyl sites for hydroxylation is 1. The Morgan fingerprint density at radius 1 is 0.909 bits per heavy atom. The van der Waals surface area contributed by atoms with Gasteiger partial charge in [0.15, 0.2) is 5.82 Å². The zero-order chi connectivity index (χ0) is 23.4. The zero-order valence-electron chi connectivity index (χ0n) is 17.7. The van der Waals surface area contributed by atoms with Crippen LogP contribution in [0.25, 0.3) is 0 Å². The highest BCUT2D eigenvalue weighted by atomic mass is 35.5. The maximum Gasteiger partial charge on any atom is 0.256 e. The molecule has 0 saturated heterocycles. The van der Waals surface area contributed by atoms with E-state index in [0.29, 0.717) is 45.4 Å². The van der Waals surface area contributed by atoms with Crippen molar-refractivity contribution in [2.45, 2.75) is 20.1 Å². The number of hydrogen-bond donors (Lipinski definition) is 1. The third-order valence-electron chi connectivity index (χ3n) is 4.96. The zero-order valence-corrected chi connectivity index (χ0v) is 20.0. The maximum absolute atomic E-state index is 12.8. The van der Waals surface area contributed by atoms with Crippen LogP contribution in [-0.2, 0) is 13.2 Å². The monoisotopic (exact) mass is 499 g/mol. The van der Waals surface area contributed by atoms with Crippen LogP contribution < -0.4 is 10.1 Å². The van der Waals surface area contributed by atoms with E-state index in [2.05, 4.69) is 10.4 Å². The molecule has 3 aromatic carbocycles. The Balaban J connectivity index is 1.42. The molecule has 8 heteroatoms. The minimum Gasteiger partial charge on any atom is -0.487 e. The van der Waals surface area contributed by atoms with Crippen LogP contribution in [0.4, 0.5) is 5.82 Å². The van der Waals surface area contributed by atoms with Gasteiger partial charge in [0.25, 0.3) is 5.91 Å². The van der Waals surface area contributed by atoms with E-state index >= 15 is 0 Å². The van der Waals surface area contributed by atoms with E-state index in [4.69, 9.17) is 39.5 Å². The first-order valence-electron chi connectivity index (χ1n) is 10.1. The smallest absolute Gasteiger partial charge is 0.256 e. The molecule has 0 bridgehead atoms. The van der Waals surface area contributed by atoms with Crippen LogP contribution in [0.2, 0.25) is 15.1 Å². The molecule has 5 nitrogen and oxygen atoms in total. The molecule has 0 radical (unpaired) electrons. The normalized spacial score (nSPS) is 10.8. The molecule has 4 rings (SSSR count). The number of para-hydroxylation sites is 1. The van der Waals surface area contributed by atoms with E-state index in [-0.39, 0.29) is 5.91 Å². The van der Waals surface area contributed by atoms with E-state index < -0.39 is 0 Å². The molecule has 0 saturated carbocycles. The molecule has 0 spiro atoms. The predicted molar refractivity (Wildman–Crippen MR) is 133 cm³/mol. The lowest BCUT2D eigenvalue weighted by Crippen LogP contribution is -2.13. The molecule has 0 aliphatic rings. The average molecular weight is 501 g/mol. The van der Waals surface area contributed by atoms with Crippen molar-refractivity contribution in [2.75, 3.05) is 5.32 Å². The second-order valence-electron chi connectivity index (χ2n) is 7.45. The number of nitrogens with one attached hydrogen (secondary N) is 1. The van der Waals surface area contributed by atoms with Crippen LogP contribution in [0, 0.1) is 6.92 Å². The fourth-order valence-corrected chi connectivity index (χ4v) is 3.77. The number of carbonyl (C=O) groups excluding carboxylic acids is 1. The fraction of sp³-hybridized carbons (Fsp3) is 0.120. The number of amides is 1. The van der Waals surface area contributed by atoms with Gasteiger partial charge in [-0.2, -0.15) is 5.10 Å². The standard InChI is InChI=1S/C25H20Cl3N3O2/c1-16-11-24(30-31(16)14-17-9-10-20(26)22(28)13-17)29-25(32)19-6-4-5-18(12-19)15-33-23-8-3-2-7-21(23)27/h2-13H,14-15H2,1H3,(H,29,30,32). The third-order valence-corrected chi connectivity index (χ3v) is 6.01. The first kappa shape index (κ1) is 23.2. The molecule has 0 atom stereocenters. The number of hydrogen-bond acceptors (Lipinski definition) is 3. The second-order valence-corrected chi connectivity index (χ2v) is 8.67. The van der Waals surface area contributed by atoms with Gasteiger partial charge in [0.05, 0.1) is 21.6 Å². The summed E-state index contributed by atoms with van der Waals surface area (Å²) in [6, 6.07) is 21.8. The molecule has 0 unspecified atom stereocenters. The van der Waals surface area contributed by atoms with Gasteiger partial charge in [0, 0.05) is 17.3 Å². The summed E-state index contributed by atoms with van der Waals surface area (Å²) in [6.07, 6.45) is 0.